The Labute approximate surface area is 147 Å². The number of allylic oxidation sites excluding steroid dienone is 1. The molecule has 136 valence electrons. The largest absolute Gasteiger partial charge is 0.481 e. The Kier molecular flexibility index (Phi) is 3.33. The van der Waals surface area contributed by atoms with Crippen molar-refractivity contribution in [2.24, 2.45) is 34.0 Å². The van der Waals surface area contributed by atoms with Gasteiger partial charge in [0.25, 0.3) is 0 Å². The van der Waals surface area contributed by atoms with Crippen LogP contribution < -0.4 is 0 Å². The van der Waals surface area contributed by atoms with Crippen LogP contribution in [0.2, 0.25) is 0 Å². The Hall–Kier alpha value is -1.65. The molecule has 2 bridgehead atoms. The van der Waals surface area contributed by atoms with Crippen molar-refractivity contribution in [1.29, 1.82) is 0 Å². The van der Waals surface area contributed by atoms with Crippen LogP contribution in [0.15, 0.2) is 12.2 Å². The number of carboxylic acids is 1. The zero-order chi connectivity index (χ0) is 18.2. The van der Waals surface area contributed by atoms with E-state index >= 15 is 0 Å². The molecule has 0 spiro atoms. The van der Waals surface area contributed by atoms with Crippen LogP contribution in [0.4, 0.5) is 0 Å². The molecule has 3 saturated carbocycles. The average Bonchev–Trinajstić information content (AvgIpc) is 2.97. The van der Waals surface area contributed by atoms with E-state index in [1.54, 1.807) is 0 Å². The number of hydrogen-bond donors (Lipinski definition) is 1. The van der Waals surface area contributed by atoms with E-state index in [-0.39, 0.29) is 11.8 Å². The highest BCUT2D eigenvalue weighted by Gasteiger charge is 2.69. The van der Waals surface area contributed by atoms with Crippen molar-refractivity contribution in [2.45, 2.75) is 58.8 Å². The van der Waals surface area contributed by atoms with Gasteiger partial charge in [-0.15, -0.1) is 0 Å². The minimum Gasteiger partial charge on any atom is -0.481 e. The van der Waals surface area contributed by atoms with Gasteiger partial charge in [-0.1, -0.05) is 25.5 Å². The number of carbonyl (C=O) groups is 3. The summed E-state index contributed by atoms with van der Waals surface area (Å²) in [5, 5.41) is 10.2. The van der Waals surface area contributed by atoms with E-state index in [0.717, 1.165) is 31.3 Å². The van der Waals surface area contributed by atoms with E-state index in [4.69, 9.17) is 4.74 Å². The molecule has 0 aromatic rings. The predicted octanol–water partition coefficient (Wildman–Crippen LogP) is 3.33. The third-order valence-electron chi connectivity index (χ3n) is 8.25. The van der Waals surface area contributed by atoms with Crippen molar-refractivity contribution in [2.75, 3.05) is 0 Å². The van der Waals surface area contributed by atoms with Gasteiger partial charge in [0.05, 0.1) is 16.7 Å². The molecule has 6 unspecified atom stereocenters. The second-order valence-electron chi connectivity index (χ2n) is 9.18. The molecule has 0 amide bonds. The van der Waals surface area contributed by atoms with Gasteiger partial charge in [-0.3, -0.25) is 14.4 Å². The summed E-state index contributed by atoms with van der Waals surface area (Å²) >= 11 is 0. The van der Waals surface area contributed by atoms with Gasteiger partial charge in [0.1, 0.15) is 0 Å². The van der Waals surface area contributed by atoms with Crippen LogP contribution in [-0.2, 0) is 19.1 Å². The number of cyclic esters (lactones) is 2. The summed E-state index contributed by atoms with van der Waals surface area (Å²) in [6, 6.07) is 0. The van der Waals surface area contributed by atoms with E-state index in [0.29, 0.717) is 19.3 Å². The molecule has 1 heterocycles. The van der Waals surface area contributed by atoms with Gasteiger partial charge in [-0.25, -0.2) is 0 Å². The zero-order valence-electron chi connectivity index (χ0n) is 15.0. The van der Waals surface area contributed by atoms with Crippen LogP contribution in [0.25, 0.3) is 0 Å². The summed E-state index contributed by atoms with van der Waals surface area (Å²) in [5.74, 6) is -2.02. The van der Waals surface area contributed by atoms with E-state index in [9.17, 15) is 19.5 Å². The standard InChI is InChI=1S/C20H26O5/c1-11-9-20(16(22)23)10-12(11)6-8-19(20,3)13-5-4-7-18(2)14(13)15(21)25-17(18)24/h12-14H,1,4-10H2,2-3H3,(H,22,23). The van der Waals surface area contributed by atoms with E-state index in [1.807, 2.05) is 13.8 Å². The fraction of sp³-hybridized carbons (Fsp3) is 0.750. The highest BCUT2D eigenvalue weighted by atomic mass is 16.6. The van der Waals surface area contributed by atoms with Crippen molar-refractivity contribution in [3.63, 3.8) is 0 Å². The van der Waals surface area contributed by atoms with Crippen LogP contribution in [0, 0.1) is 34.0 Å². The first kappa shape index (κ1) is 16.8. The maximum atomic E-state index is 12.6. The van der Waals surface area contributed by atoms with Crippen molar-refractivity contribution >= 4 is 17.9 Å². The summed E-state index contributed by atoms with van der Waals surface area (Å²) in [4.78, 5) is 37.3. The van der Waals surface area contributed by atoms with Crippen molar-refractivity contribution in [3.8, 4) is 0 Å². The molecule has 25 heavy (non-hydrogen) atoms. The van der Waals surface area contributed by atoms with E-state index < -0.39 is 40.1 Å². The smallest absolute Gasteiger partial charge is 0.320 e. The predicted molar refractivity (Wildman–Crippen MR) is 89.3 cm³/mol. The first-order chi connectivity index (χ1) is 11.7. The molecule has 5 nitrogen and oxygen atoms in total. The quantitative estimate of drug-likeness (QED) is 0.471. The monoisotopic (exact) mass is 346 g/mol. The normalized spacial score (nSPS) is 49.0. The highest BCUT2D eigenvalue weighted by molar-refractivity contribution is 5.99. The van der Waals surface area contributed by atoms with Crippen molar-refractivity contribution in [3.05, 3.63) is 12.2 Å². The third-order valence-corrected chi connectivity index (χ3v) is 8.25. The maximum absolute atomic E-state index is 12.6. The topological polar surface area (TPSA) is 80.7 Å². The molecule has 0 aromatic carbocycles. The molecule has 4 rings (SSSR count). The number of esters is 2. The van der Waals surface area contributed by atoms with Gasteiger partial charge in [0.15, 0.2) is 0 Å². The van der Waals surface area contributed by atoms with Crippen molar-refractivity contribution < 1.29 is 24.2 Å². The summed E-state index contributed by atoms with van der Waals surface area (Å²) in [6.07, 6.45) is 5.05. The highest BCUT2D eigenvalue weighted by Crippen LogP contribution is 2.69. The average molecular weight is 346 g/mol. The number of carbonyl (C=O) groups excluding carboxylic acids is 2. The Morgan fingerprint density at radius 3 is 2.64 bits per heavy atom. The molecule has 1 aliphatic heterocycles. The second-order valence-corrected chi connectivity index (χ2v) is 9.18. The van der Waals surface area contributed by atoms with E-state index in [2.05, 4.69) is 6.58 Å². The molecule has 1 N–H and O–H groups in total. The van der Waals surface area contributed by atoms with Crippen LogP contribution in [0.5, 0.6) is 0 Å². The van der Waals surface area contributed by atoms with Gasteiger partial charge >= 0.3 is 17.9 Å². The molecule has 6 atom stereocenters. The Balaban J connectivity index is 1.82. The number of ether oxygens (including phenoxy) is 1. The Bertz CT molecular complexity index is 696. The Morgan fingerprint density at radius 2 is 1.96 bits per heavy atom. The van der Waals surface area contributed by atoms with Gasteiger partial charge in [0, 0.05) is 0 Å². The SMILES string of the molecule is C=C1CC2(C(=O)O)CC1CCC2(C)C1CCCC2(C)C(=O)OC(=O)C12. The lowest BCUT2D eigenvalue weighted by molar-refractivity contribution is -0.174. The van der Waals surface area contributed by atoms with Crippen LogP contribution in [-0.4, -0.2) is 23.0 Å². The van der Waals surface area contributed by atoms with Crippen LogP contribution in [0.3, 0.4) is 0 Å². The van der Waals surface area contributed by atoms with Gasteiger partial charge < -0.3 is 9.84 Å². The molecule has 4 fully saturated rings. The lowest BCUT2D eigenvalue weighted by atomic mass is 9.46. The molecule has 5 heteroatoms. The van der Waals surface area contributed by atoms with Crippen LogP contribution >= 0.6 is 0 Å². The minimum absolute atomic E-state index is 0.131. The minimum atomic E-state index is -0.873. The summed E-state index contributed by atoms with van der Waals surface area (Å²) in [5.41, 5.74) is -1.16. The summed E-state index contributed by atoms with van der Waals surface area (Å²) in [6.45, 7) is 8.00. The molecule has 0 radical (unpaired) electrons. The number of hydrogen-bond acceptors (Lipinski definition) is 4. The number of carboxylic acid groups (broad SMARTS) is 1. The van der Waals surface area contributed by atoms with Gasteiger partial charge in [0.2, 0.25) is 0 Å². The first-order valence-corrected chi connectivity index (χ1v) is 9.33. The second kappa shape index (κ2) is 4.95. The number of rotatable bonds is 2. The van der Waals surface area contributed by atoms with Gasteiger partial charge in [-0.2, -0.15) is 0 Å². The van der Waals surface area contributed by atoms with Crippen LogP contribution in [0.1, 0.15) is 58.8 Å². The first-order valence-electron chi connectivity index (χ1n) is 9.33. The molecule has 0 aromatic heterocycles. The van der Waals surface area contributed by atoms with Crippen molar-refractivity contribution in [1.82, 2.24) is 0 Å². The molecule has 4 aliphatic rings. The third kappa shape index (κ3) is 1.87. The number of fused-ring (bicyclic) bond motifs is 3. The fourth-order valence-electron chi connectivity index (χ4n) is 6.64. The fourth-order valence-corrected chi connectivity index (χ4v) is 6.64. The molecular weight excluding hydrogens is 320 g/mol. The summed E-state index contributed by atoms with van der Waals surface area (Å²) in [7, 11) is 0. The number of aliphatic carboxylic acids is 1. The lowest BCUT2D eigenvalue weighted by Gasteiger charge is -2.55. The zero-order valence-corrected chi connectivity index (χ0v) is 15.0. The summed E-state index contributed by atoms with van der Waals surface area (Å²) < 4.78 is 5.03. The Morgan fingerprint density at radius 1 is 1.24 bits per heavy atom. The van der Waals surface area contributed by atoms with E-state index in [1.165, 1.54) is 0 Å². The molecule has 3 aliphatic carbocycles. The maximum Gasteiger partial charge on any atom is 0.320 e. The van der Waals surface area contributed by atoms with Gasteiger partial charge in [-0.05, 0) is 62.7 Å². The lowest BCUT2D eigenvalue weighted by Crippen LogP contribution is -2.56. The molecular formula is C20H26O5. The molecule has 1 saturated heterocycles.